The summed E-state index contributed by atoms with van der Waals surface area (Å²) < 4.78 is 0. The predicted octanol–water partition coefficient (Wildman–Crippen LogP) is 0.432. The molecule has 1 atom stereocenters. The summed E-state index contributed by atoms with van der Waals surface area (Å²) in [5.74, 6) is -0.204. The highest BCUT2D eigenvalue weighted by Crippen LogP contribution is 2.15. The molecule has 48 valence electrons. The van der Waals surface area contributed by atoms with Gasteiger partial charge in [-0.25, -0.2) is 0 Å². The number of allylic oxidation sites excluding steroid dienone is 1. The van der Waals surface area contributed by atoms with Crippen molar-refractivity contribution in [1.29, 1.82) is 0 Å². The molecular formula is C7H8O2. The molecule has 2 nitrogen and oxygen atoms in total. The minimum Gasteiger partial charge on any atom is -0.385 e. The van der Waals surface area contributed by atoms with Gasteiger partial charge < -0.3 is 5.11 Å². The summed E-state index contributed by atoms with van der Waals surface area (Å²) in [7, 11) is 0. The zero-order valence-electron chi connectivity index (χ0n) is 5.00. The van der Waals surface area contributed by atoms with Crippen molar-refractivity contribution in [3.63, 3.8) is 0 Å². The van der Waals surface area contributed by atoms with E-state index in [0.717, 1.165) is 5.57 Å². The van der Waals surface area contributed by atoms with Gasteiger partial charge in [0.15, 0.2) is 5.78 Å². The molecule has 0 radical (unpaired) electrons. The average molecular weight is 124 g/mol. The number of rotatable bonds is 1. The Morgan fingerprint density at radius 1 is 1.89 bits per heavy atom. The van der Waals surface area contributed by atoms with Gasteiger partial charge in [-0.15, -0.1) is 0 Å². The van der Waals surface area contributed by atoms with Crippen molar-refractivity contribution in [2.75, 3.05) is 0 Å². The third-order valence-corrected chi connectivity index (χ3v) is 1.35. The molecule has 0 aromatic carbocycles. The van der Waals surface area contributed by atoms with E-state index < -0.39 is 6.10 Å². The molecule has 1 N–H and O–H groups in total. The predicted molar refractivity (Wildman–Crippen MR) is 33.9 cm³/mol. The molecule has 0 saturated carbocycles. The fourth-order valence-electron chi connectivity index (χ4n) is 0.804. The van der Waals surface area contributed by atoms with Crippen molar-refractivity contribution in [3.05, 3.63) is 24.3 Å². The normalized spacial score (nSPS) is 26.1. The molecule has 0 saturated heterocycles. The molecule has 9 heavy (non-hydrogen) atoms. The number of ketones is 1. The fourth-order valence-corrected chi connectivity index (χ4v) is 0.804. The summed E-state index contributed by atoms with van der Waals surface area (Å²) in [6, 6.07) is 0. The SMILES string of the molecule is C=CC1=CC(=O)C(O)C1. The van der Waals surface area contributed by atoms with Gasteiger partial charge >= 0.3 is 0 Å². The largest absolute Gasteiger partial charge is 0.385 e. The average Bonchev–Trinajstić information content (AvgIpc) is 2.13. The van der Waals surface area contributed by atoms with Crippen LogP contribution in [0.25, 0.3) is 0 Å². The van der Waals surface area contributed by atoms with Gasteiger partial charge in [0.25, 0.3) is 0 Å². The molecule has 1 aliphatic carbocycles. The maximum absolute atomic E-state index is 10.6. The van der Waals surface area contributed by atoms with Crippen molar-refractivity contribution < 1.29 is 9.90 Å². The lowest BCUT2D eigenvalue weighted by atomic mass is 10.2. The number of hydrogen-bond acceptors (Lipinski definition) is 2. The lowest BCUT2D eigenvalue weighted by molar-refractivity contribution is -0.121. The summed E-state index contributed by atoms with van der Waals surface area (Å²) in [5.41, 5.74) is 0.826. The Bertz CT molecular complexity index is 179. The number of hydrogen-bond donors (Lipinski definition) is 1. The monoisotopic (exact) mass is 124 g/mol. The Morgan fingerprint density at radius 2 is 2.56 bits per heavy atom. The molecule has 0 bridgehead atoms. The lowest BCUT2D eigenvalue weighted by Gasteiger charge is -1.94. The van der Waals surface area contributed by atoms with Crippen LogP contribution in [0.15, 0.2) is 24.3 Å². The van der Waals surface area contributed by atoms with E-state index in [2.05, 4.69) is 6.58 Å². The Balaban J connectivity index is 2.73. The first kappa shape index (κ1) is 6.23. The van der Waals surface area contributed by atoms with Crippen LogP contribution in [-0.2, 0) is 4.79 Å². The first-order chi connectivity index (χ1) is 4.24. The molecular weight excluding hydrogens is 116 g/mol. The highest BCUT2D eigenvalue weighted by atomic mass is 16.3. The Morgan fingerprint density at radius 3 is 2.78 bits per heavy atom. The number of aliphatic hydroxyl groups excluding tert-OH is 1. The highest BCUT2D eigenvalue weighted by Gasteiger charge is 2.20. The second-order valence-corrected chi connectivity index (χ2v) is 2.05. The topological polar surface area (TPSA) is 37.3 Å². The zero-order chi connectivity index (χ0) is 6.85. The van der Waals surface area contributed by atoms with Gasteiger partial charge in [0.1, 0.15) is 6.10 Å². The maximum Gasteiger partial charge on any atom is 0.184 e. The summed E-state index contributed by atoms with van der Waals surface area (Å²) in [5, 5.41) is 8.85. The summed E-state index contributed by atoms with van der Waals surface area (Å²) in [6.45, 7) is 3.48. The van der Waals surface area contributed by atoms with Crippen LogP contribution >= 0.6 is 0 Å². The van der Waals surface area contributed by atoms with E-state index in [0.29, 0.717) is 6.42 Å². The van der Waals surface area contributed by atoms with Gasteiger partial charge in [0.2, 0.25) is 0 Å². The van der Waals surface area contributed by atoms with E-state index in [1.165, 1.54) is 6.08 Å². The third-order valence-electron chi connectivity index (χ3n) is 1.35. The van der Waals surface area contributed by atoms with Gasteiger partial charge in [0.05, 0.1) is 0 Å². The van der Waals surface area contributed by atoms with Gasteiger partial charge in [-0.1, -0.05) is 12.7 Å². The van der Waals surface area contributed by atoms with Crippen LogP contribution in [0.4, 0.5) is 0 Å². The van der Waals surface area contributed by atoms with E-state index >= 15 is 0 Å². The molecule has 0 aromatic heterocycles. The highest BCUT2D eigenvalue weighted by molar-refractivity contribution is 5.97. The molecule has 0 aromatic rings. The quantitative estimate of drug-likeness (QED) is 0.550. The molecule has 0 fully saturated rings. The van der Waals surface area contributed by atoms with Crippen molar-refractivity contribution in [2.45, 2.75) is 12.5 Å². The molecule has 0 aliphatic heterocycles. The Kier molecular flexibility index (Phi) is 1.49. The second kappa shape index (κ2) is 2.15. The first-order valence-corrected chi connectivity index (χ1v) is 2.79. The summed E-state index contributed by atoms with van der Waals surface area (Å²) >= 11 is 0. The van der Waals surface area contributed by atoms with Crippen LogP contribution in [-0.4, -0.2) is 17.0 Å². The summed E-state index contributed by atoms with van der Waals surface area (Å²) in [4.78, 5) is 10.6. The van der Waals surface area contributed by atoms with Crippen molar-refractivity contribution in [2.24, 2.45) is 0 Å². The van der Waals surface area contributed by atoms with E-state index in [1.54, 1.807) is 6.08 Å². The molecule has 0 amide bonds. The van der Waals surface area contributed by atoms with Crippen LogP contribution in [0.5, 0.6) is 0 Å². The van der Waals surface area contributed by atoms with E-state index in [-0.39, 0.29) is 5.78 Å². The van der Waals surface area contributed by atoms with Gasteiger partial charge in [-0.3, -0.25) is 4.79 Å². The number of aliphatic hydroxyl groups is 1. The van der Waals surface area contributed by atoms with Crippen molar-refractivity contribution in [1.82, 2.24) is 0 Å². The number of carbonyl (C=O) groups excluding carboxylic acids is 1. The fraction of sp³-hybridized carbons (Fsp3) is 0.286. The Labute approximate surface area is 53.5 Å². The van der Waals surface area contributed by atoms with E-state index in [9.17, 15) is 4.79 Å². The van der Waals surface area contributed by atoms with Crippen LogP contribution in [0.3, 0.4) is 0 Å². The van der Waals surface area contributed by atoms with Crippen molar-refractivity contribution in [3.8, 4) is 0 Å². The minimum absolute atomic E-state index is 0.204. The maximum atomic E-state index is 10.6. The zero-order valence-corrected chi connectivity index (χ0v) is 5.00. The van der Waals surface area contributed by atoms with Gasteiger partial charge in [-0.2, -0.15) is 0 Å². The number of carbonyl (C=O) groups is 1. The lowest BCUT2D eigenvalue weighted by Crippen LogP contribution is -2.11. The van der Waals surface area contributed by atoms with E-state index in [1.807, 2.05) is 0 Å². The van der Waals surface area contributed by atoms with Gasteiger partial charge in [0, 0.05) is 6.42 Å². The second-order valence-electron chi connectivity index (χ2n) is 2.05. The first-order valence-electron chi connectivity index (χ1n) is 2.79. The smallest absolute Gasteiger partial charge is 0.184 e. The molecule has 1 rings (SSSR count). The van der Waals surface area contributed by atoms with Crippen LogP contribution < -0.4 is 0 Å². The molecule has 0 heterocycles. The van der Waals surface area contributed by atoms with Crippen molar-refractivity contribution >= 4 is 5.78 Å². The van der Waals surface area contributed by atoms with Crippen LogP contribution in [0.2, 0.25) is 0 Å². The Hall–Kier alpha value is -0.890. The molecule has 1 unspecified atom stereocenters. The van der Waals surface area contributed by atoms with Crippen LogP contribution in [0.1, 0.15) is 6.42 Å². The molecule has 2 heteroatoms. The van der Waals surface area contributed by atoms with E-state index in [4.69, 9.17) is 5.11 Å². The van der Waals surface area contributed by atoms with Crippen LogP contribution in [0, 0.1) is 0 Å². The third kappa shape index (κ3) is 1.08. The minimum atomic E-state index is -0.807. The molecule has 0 spiro atoms. The molecule has 1 aliphatic rings. The summed E-state index contributed by atoms with van der Waals surface area (Å²) in [6.07, 6.45) is 2.65. The van der Waals surface area contributed by atoms with Gasteiger partial charge in [-0.05, 0) is 11.6 Å². The standard InChI is InChI=1S/C7H8O2/c1-2-5-3-6(8)7(9)4-5/h2-3,7,9H,1,4H2.